The smallest absolute Gasteiger partial charge is 0.127 e. The van der Waals surface area contributed by atoms with Gasteiger partial charge in [0, 0.05) is 5.56 Å². The summed E-state index contributed by atoms with van der Waals surface area (Å²) in [6.07, 6.45) is 1.13. The van der Waals surface area contributed by atoms with Crippen LogP contribution in [0.5, 0.6) is 11.5 Å². The van der Waals surface area contributed by atoms with E-state index in [1.807, 2.05) is 37.3 Å². The summed E-state index contributed by atoms with van der Waals surface area (Å²) in [6, 6.07) is 13.8. The van der Waals surface area contributed by atoms with Gasteiger partial charge in [-0.1, -0.05) is 26.0 Å². The molecule has 0 heterocycles. The van der Waals surface area contributed by atoms with Crippen LogP contribution in [0.15, 0.2) is 42.5 Å². The molecule has 3 heteroatoms. The van der Waals surface area contributed by atoms with E-state index in [1.165, 1.54) is 5.56 Å². The van der Waals surface area contributed by atoms with Crippen molar-refractivity contribution in [3.63, 3.8) is 0 Å². The van der Waals surface area contributed by atoms with Gasteiger partial charge in [-0.2, -0.15) is 0 Å². The molecule has 0 aliphatic carbocycles. The molecule has 1 atom stereocenters. The number of hydrogen-bond donors (Lipinski definition) is 2. The zero-order chi connectivity index (χ0) is 15.4. The third-order valence-electron chi connectivity index (χ3n) is 3.79. The quantitative estimate of drug-likeness (QED) is 0.622. The summed E-state index contributed by atoms with van der Waals surface area (Å²) >= 11 is 0. The second kappa shape index (κ2) is 6.44. The maximum Gasteiger partial charge on any atom is 0.127 e. The Labute approximate surface area is 126 Å². The molecule has 0 aromatic heterocycles. The van der Waals surface area contributed by atoms with Crippen LogP contribution in [-0.2, 0) is 0 Å². The van der Waals surface area contributed by atoms with Crippen LogP contribution in [0, 0.1) is 12.3 Å². The van der Waals surface area contributed by atoms with E-state index in [9.17, 15) is 0 Å². The third kappa shape index (κ3) is 3.63. The molecular formula is C18H22N2O. The van der Waals surface area contributed by atoms with Crippen molar-refractivity contribution in [3.8, 4) is 11.5 Å². The molecule has 0 saturated heterocycles. The van der Waals surface area contributed by atoms with Gasteiger partial charge in [0.25, 0.3) is 0 Å². The van der Waals surface area contributed by atoms with Gasteiger partial charge in [-0.15, -0.1) is 0 Å². The minimum absolute atomic E-state index is 0.0805. The molecule has 3 nitrogen and oxygen atoms in total. The van der Waals surface area contributed by atoms with E-state index in [0.717, 1.165) is 29.0 Å². The monoisotopic (exact) mass is 282 g/mol. The molecule has 0 aliphatic heterocycles. The lowest BCUT2D eigenvalue weighted by Crippen LogP contribution is -2.12. The molecule has 110 valence electrons. The summed E-state index contributed by atoms with van der Waals surface area (Å²) in [5.74, 6) is 2.22. The highest BCUT2D eigenvalue weighted by Gasteiger charge is 2.06. The van der Waals surface area contributed by atoms with Crippen LogP contribution in [-0.4, -0.2) is 5.84 Å². The second-order valence-corrected chi connectivity index (χ2v) is 5.37. The fraction of sp³-hybridized carbons (Fsp3) is 0.278. The summed E-state index contributed by atoms with van der Waals surface area (Å²) in [4.78, 5) is 0. The van der Waals surface area contributed by atoms with E-state index >= 15 is 0 Å². The summed E-state index contributed by atoms with van der Waals surface area (Å²) in [7, 11) is 0. The fourth-order valence-electron chi connectivity index (χ4n) is 2.24. The lowest BCUT2D eigenvalue weighted by atomic mass is 9.99. The van der Waals surface area contributed by atoms with Gasteiger partial charge in [-0.25, -0.2) is 0 Å². The average Bonchev–Trinajstić information content (AvgIpc) is 2.47. The largest absolute Gasteiger partial charge is 0.457 e. The molecule has 1 unspecified atom stereocenters. The number of ether oxygens (including phenoxy) is 1. The Bertz CT molecular complexity index is 632. The van der Waals surface area contributed by atoms with Crippen molar-refractivity contribution in [1.82, 2.24) is 0 Å². The first kappa shape index (κ1) is 15.1. The van der Waals surface area contributed by atoms with Gasteiger partial charge in [0.15, 0.2) is 0 Å². The molecule has 0 spiro atoms. The predicted octanol–water partition coefficient (Wildman–Crippen LogP) is 4.58. The minimum atomic E-state index is 0.0805. The molecule has 0 radical (unpaired) electrons. The van der Waals surface area contributed by atoms with Gasteiger partial charge in [0.05, 0.1) is 0 Å². The van der Waals surface area contributed by atoms with Gasteiger partial charge < -0.3 is 10.5 Å². The van der Waals surface area contributed by atoms with E-state index < -0.39 is 0 Å². The highest BCUT2D eigenvalue weighted by Crippen LogP contribution is 2.26. The summed E-state index contributed by atoms with van der Waals surface area (Å²) in [6.45, 7) is 6.34. The molecule has 0 amide bonds. The van der Waals surface area contributed by atoms with Crippen molar-refractivity contribution in [2.75, 3.05) is 0 Å². The number of nitrogens with one attached hydrogen (secondary N) is 1. The Morgan fingerprint density at radius 1 is 1.14 bits per heavy atom. The Kier molecular flexibility index (Phi) is 4.63. The van der Waals surface area contributed by atoms with Gasteiger partial charge in [0.1, 0.15) is 17.3 Å². The third-order valence-corrected chi connectivity index (χ3v) is 3.79. The van der Waals surface area contributed by atoms with Crippen LogP contribution in [0.25, 0.3) is 0 Å². The van der Waals surface area contributed by atoms with Gasteiger partial charge in [-0.05, 0) is 60.7 Å². The van der Waals surface area contributed by atoms with Crippen molar-refractivity contribution in [1.29, 1.82) is 5.41 Å². The maximum atomic E-state index is 7.49. The SMILES string of the molecule is CCC(C)c1ccc(Oc2ccc(C(=N)N)c(C)c2)cc1. The number of hydrogen-bond acceptors (Lipinski definition) is 2. The van der Waals surface area contributed by atoms with Crippen LogP contribution in [0.2, 0.25) is 0 Å². The molecule has 0 saturated carbocycles. The van der Waals surface area contributed by atoms with Crippen LogP contribution < -0.4 is 10.5 Å². The van der Waals surface area contributed by atoms with Gasteiger partial charge in [-0.3, -0.25) is 5.41 Å². The lowest BCUT2D eigenvalue weighted by Gasteiger charge is -2.11. The lowest BCUT2D eigenvalue weighted by molar-refractivity contribution is 0.482. The number of amidine groups is 1. The topological polar surface area (TPSA) is 59.1 Å². The fourth-order valence-corrected chi connectivity index (χ4v) is 2.24. The molecule has 0 aliphatic rings. The normalized spacial score (nSPS) is 12.0. The highest BCUT2D eigenvalue weighted by molar-refractivity contribution is 5.96. The number of benzene rings is 2. The Morgan fingerprint density at radius 3 is 2.29 bits per heavy atom. The van der Waals surface area contributed by atoms with E-state index in [0.29, 0.717) is 5.92 Å². The van der Waals surface area contributed by atoms with Crippen molar-refractivity contribution >= 4 is 5.84 Å². The molecule has 2 rings (SSSR count). The zero-order valence-electron chi connectivity index (χ0n) is 12.8. The van der Waals surface area contributed by atoms with Crippen LogP contribution in [0.1, 0.15) is 42.9 Å². The van der Waals surface area contributed by atoms with Crippen LogP contribution in [0.4, 0.5) is 0 Å². The van der Waals surface area contributed by atoms with Crippen LogP contribution in [0.3, 0.4) is 0 Å². The number of rotatable bonds is 5. The van der Waals surface area contributed by atoms with Crippen molar-refractivity contribution in [2.45, 2.75) is 33.1 Å². The molecule has 0 fully saturated rings. The maximum absolute atomic E-state index is 7.49. The first-order chi connectivity index (χ1) is 10.0. The average molecular weight is 282 g/mol. The van der Waals surface area contributed by atoms with E-state index in [1.54, 1.807) is 0 Å². The first-order valence-corrected chi connectivity index (χ1v) is 7.24. The molecule has 0 bridgehead atoms. The highest BCUT2D eigenvalue weighted by atomic mass is 16.5. The van der Waals surface area contributed by atoms with E-state index in [2.05, 4.69) is 26.0 Å². The molecule has 2 aromatic rings. The zero-order valence-corrected chi connectivity index (χ0v) is 12.8. The van der Waals surface area contributed by atoms with Crippen LogP contribution >= 0.6 is 0 Å². The van der Waals surface area contributed by atoms with E-state index in [-0.39, 0.29) is 5.84 Å². The van der Waals surface area contributed by atoms with Gasteiger partial charge in [0.2, 0.25) is 0 Å². The Balaban J connectivity index is 2.15. The molecule has 2 aromatic carbocycles. The molecular weight excluding hydrogens is 260 g/mol. The Morgan fingerprint density at radius 2 is 1.76 bits per heavy atom. The minimum Gasteiger partial charge on any atom is -0.457 e. The van der Waals surface area contributed by atoms with Gasteiger partial charge >= 0.3 is 0 Å². The molecule has 3 N–H and O–H groups in total. The number of nitrogen functional groups attached to an aromatic ring is 1. The molecule has 21 heavy (non-hydrogen) atoms. The van der Waals surface area contributed by atoms with Crippen molar-refractivity contribution in [3.05, 3.63) is 59.2 Å². The summed E-state index contributed by atoms with van der Waals surface area (Å²) < 4.78 is 5.85. The van der Waals surface area contributed by atoms with Crippen molar-refractivity contribution in [2.24, 2.45) is 5.73 Å². The predicted molar refractivity (Wildman–Crippen MR) is 87.4 cm³/mol. The van der Waals surface area contributed by atoms with Crippen molar-refractivity contribution < 1.29 is 4.74 Å². The summed E-state index contributed by atoms with van der Waals surface area (Å²) in [5.41, 5.74) is 8.53. The number of nitrogens with two attached hydrogens (primary N) is 1. The Hall–Kier alpha value is -2.29. The number of aryl methyl sites for hydroxylation is 1. The second-order valence-electron chi connectivity index (χ2n) is 5.37. The first-order valence-electron chi connectivity index (χ1n) is 7.24. The summed E-state index contributed by atoms with van der Waals surface area (Å²) in [5, 5.41) is 7.49. The van der Waals surface area contributed by atoms with E-state index in [4.69, 9.17) is 15.9 Å². The standard InChI is InChI=1S/C18H22N2O/c1-4-12(2)14-5-7-15(8-6-14)21-16-9-10-17(18(19)20)13(3)11-16/h5-12H,4H2,1-3H3,(H3,19,20).